The number of nitriles is 1. The van der Waals surface area contributed by atoms with Crippen LogP contribution in [0.4, 0.5) is 0 Å². The summed E-state index contributed by atoms with van der Waals surface area (Å²) in [6.07, 6.45) is 3.73. The summed E-state index contributed by atoms with van der Waals surface area (Å²) < 4.78 is 4.90. The van der Waals surface area contributed by atoms with Gasteiger partial charge in [-0.1, -0.05) is 6.92 Å². The quantitative estimate of drug-likeness (QED) is 0.471. The number of methoxy groups -OCH3 is 1. The molecule has 0 spiro atoms. The van der Waals surface area contributed by atoms with Crippen LogP contribution in [0, 0.1) is 23.2 Å². The molecule has 0 aliphatic heterocycles. The van der Waals surface area contributed by atoms with E-state index < -0.39 is 11.8 Å². The molecule has 0 radical (unpaired) electrons. The first-order chi connectivity index (χ1) is 11.1. The van der Waals surface area contributed by atoms with Crippen LogP contribution in [0.5, 0.6) is 0 Å². The van der Waals surface area contributed by atoms with E-state index in [2.05, 4.69) is 12.2 Å². The van der Waals surface area contributed by atoms with E-state index in [0.717, 1.165) is 19.3 Å². The number of rotatable bonds is 7. The molecule has 0 saturated carbocycles. The van der Waals surface area contributed by atoms with Gasteiger partial charge >= 0.3 is 0 Å². The normalized spacial score (nSPS) is 17.9. The number of ether oxygens (including phenoxy) is 1. The zero-order valence-corrected chi connectivity index (χ0v) is 14.4. The molecule has 0 saturated heterocycles. The van der Waals surface area contributed by atoms with E-state index in [9.17, 15) is 14.9 Å². The van der Waals surface area contributed by atoms with Crippen molar-refractivity contribution in [2.24, 2.45) is 11.8 Å². The first-order valence-corrected chi connectivity index (χ1v) is 8.70. The number of thiophene rings is 1. The average molecular weight is 334 g/mol. The molecule has 5 nitrogen and oxygen atoms in total. The molecule has 1 aromatic rings. The van der Waals surface area contributed by atoms with Gasteiger partial charge in [0.1, 0.15) is 0 Å². The fourth-order valence-corrected chi connectivity index (χ4v) is 3.91. The number of ketones is 1. The monoisotopic (exact) mass is 334 g/mol. The van der Waals surface area contributed by atoms with Gasteiger partial charge < -0.3 is 10.1 Å². The molecule has 23 heavy (non-hydrogen) atoms. The summed E-state index contributed by atoms with van der Waals surface area (Å²) in [6.45, 7) is 3.13. The summed E-state index contributed by atoms with van der Waals surface area (Å²) in [5.74, 6) is -1.55. The summed E-state index contributed by atoms with van der Waals surface area (Å²) >= 11 is 1.44. The molecule has 1 aliphatic carbocycles. The maximum atomic E-state index is 12.5. The third-order valence-corrected chi connectivity index (χ3v) is 5.30. The molecule has 2 rings (SSSR count). The number of carbonyl (C=O) groups is 2. The molecule has 0 bridgehead atoms. The molecule has 0 aromatic carbocycles. The van der Waals surface area contributed by atoms with Crippen molar-refractivity contribution in [2.75, 3.05) is 20.3 Å². The number of Topliss-reactive ketones (excluding diaryl/α,β-unsaturated/α-hetero) is 1. The van der Waals surface area contributed by atoms with Crippen molar-refractivity contribution >= 4 is 23.0 Å². The second kappa shape index (κ2) is 8.23. The summed E-state index contributed by atoms with van der Waals surface area (Å²) in [4.78, 5) is 26.3. The number of hydrogen-bond donors (Lipinski definition) is 1. The van der Waals surface area contributed by atoms with Gasteiger partial charge in [-0.15, -0.1) is 11.3 Å². The Morgan fingerprint density at radius 3 is 3.04 bits per heavy atom. The van der Waals surface area contributed by atoms with Gasteiger partial charge in [0.2, 0.25) is 5.91 Å². The Balaban J connectivity index is 2.02. The highest BCUT2D eigenvalue weighted by molar-refractivity contribution is 7.14. The Hall–Kier alpha value is -1.71. The Kier molecular flexibility index (Phi) is 6.31. The smallest absolute Gasteiger partial charge is 0.245 e. The van der Waals surface area contributed by atoms with Crippen LogP contribution in [0.15, 0.2) is 6.07 Å². The minimum absolute atomic E-state index is 0.385. The predicted octanol–water partition coefficient (Wildman–Crippen LogP) is 2.35. The Labute approximate surface area is 140 Å². The largest absolute Gasteiger partial charge is 0.385 e. The lowest BCUT2D eigenvalue weighted by Crippen LogP contribution is -2.35. The van der Waals surface area contributed by atoms with Gasteiger partial charge in [0.25, 0.3) is 0 Å². The van der Waals surface area contributed by atoms with Gasteiger partial charge in [-0.3, -0.25) is 9.59 Å². The molecule has 1 heterocycles. The lowest BCUT2D eigenvalue weighted by atomic mass is 9.89. The van der Waals surface area contributed by atoms with Crippen LogP contribution in [0.1, 0.15) is 39.9 Å². The van der Waals surface area contributed by atoms with Crippen molar-refractivity contribution in [1.29, 1.82) is 5.26 Å². The second-order valence-electron chi connectivity index (χ2n) is 5.97. The summed E-state index contributed by atoms with van der Waals surface area (Å²) in [5.41, 5.74) is 1.20. The molecule has 1 aliphatic rings. The average Bonchev–Trinajstić information content (AvgIpc) is 2.95. The van der Waals surface area contributed by atoms with Crippen LogP contribution in [-0.2, 0) is 22.4 Å². The number of hydrogen-bond acceptors (Lipinski definition) is 5. The van der Waals surface area contributed by atoms with E-state index in [1.165, 1.54) is 21.8 Å². The lowest BCUT2D eigenvalue weighted by Gasteiger charge is -2.16. The molecule has 1 amide bonds. The number of fused-ring (bicyclic) bond motifs is 1. The summed E-state index contributed by atoms with van der Waals surface area (Å²) in [5, 5.41) is 11.9. The Morgan fingerprint density at radius 1 is 1.57 bits per heavy atom. The van der Waals surface area contributed by atoms with Gasteiger partial charge in [0, 0.05) is 25.1 Å². The van der Waals surface area contributed by atoms with Crippen LogP contribution < -0.4 is 5.32 Å². The van der Waals surface area contributed by atoms with Gasteiger partial charge in [-0.2, -0.15) is 5.26 Å². The number of aryl methyl sites for hydroxylation is 1. The van der Waals surface area contributed by atoms with Crippen molar-refractivity contribution in [3.63, 3.8) is 0 Å². The number of amides is 1. The minimum Gasteiger partial charge on any atom is -0.385 e. The van der Waals surface area contributed by atoms with Crippen molar-refractivity contribution in [1.82, 2.24) is 5.32 Å². The number of nitrogens with zero attached hydrogens (tertiary/aromatic N) is 1. The molecule has 124 valence electrons. The first kappa shape index (κ1) is 17.6. The molecular weight excluding hydrogens is 312 g/mol. The van der Waals surface area contributed by atoms with Crippen molar-refractivity contribution in [3.05, 3.63) is 21.4 Å². The molecular formula is C17H22N2O3S. The maximum Gasteiger partial charge on any atom is 0.245 e. The van der Waals surface area contributed by atoms with Gasteiger partial charge in [0.05, 0.1) is 10.9 Å². The Morgan fingerprint density at radius 2 is 2.35 bits per heavy atom. The number of nitrogens with one attached hydrogen (secondary N) is 1. The van der Waals surface area contributed by atoms with Crippen molar-refractivity contribution in [2.45, 2.75) is 32.6 Å². The van der Waals surface area contributed by atoms with Gasteiger partial charge in [-0.25, -0.2) is 0 Å². The standard InChI is InChI=1S/C17H22N2O3S/c1-11-4-5-14-12(8-11)9-15(23-14)16(20)13(10-18)17(21)19-6-3-7-22-2/h9,11,13H,3-8H2,1-2H3,(H,19,21)/t11-,13+/m0/s1. The molecule has 0 fully saturated rings. The zero-order chi connectivity index (χ0) is 16.8. The third-order valence-electron chi connectivity index (χ3n) is 4.05. The van der Waals surface area contributed by atoms with E-state index in [1.807, 2.05) is 12.1 Å². The van der Waals surface area contributed by atoms with Gasteiger partial charge in [-0.05, 0) is 43.2 Å². The zero-order valence-electron chi connectivity index (χ0n) is 13.6. The minimum atomic E-state index is -1.27. The molecule has 1 aromatic heterocycles. The summed E-state index contributed by atoms with van der Waals surface area (Å²) in [7, 11) is 1.59. The van der Waals surface area contributed by atoms with E-state index in [0.29, 0.717) is 30.4 Å². The van der Waals surface area contributed by atoms with Crippen LogP contribution in [0.3, 0.4) is 0 Å². The van der Waals surface area contributed by atoms with Crippen LogP contribution >= 0.6 is 11.3 Å². The fourth-order valence-electron chi connectivity index (χ4n) is 2.74. The van der Waals surface area contributed by atoms with E-state index in [-0.39, 0.29) is 5.78 Å². The van der Waals surface area contributed by atoms with Crippen molar-refractivity contribution < 1.29 is 14.3 Å². The van der Waals surface area contributed by atoms with Crippen molar-refractivity contribution in [3.8, 4) is 6.07 Å². The SMILES string of the molecule is COCCCNC(=O)[C@H](C#N)C(=O)c1cc2c(s1)CC[C@H](C)C2. The Bertz CT molecular complexity index is 618. The molecule has 2 atom stereocenters. The molecule has 6 heteroatoms. The van der Waals surface area contributed by atoms with Crippen LogP contribution in [0.2, 0.25) is 0 Å². The maximum absolute atomic E-state index is 12.5. The highest BCUT2D eigenvalue weighted by atomic mass is 32.1. The van der Waals surface area contributed by atoms with E-state index in [4.69, 9.17) is 4.74 Å². The fraction of sp³-hybridized carbons (Fsp3) is 0.588. The highest BCUT2D eigenvalue weighted by Crippen LogP contribution is 2.33. The van der Waals surface area contributed by atoms with Crippen LogP contribution in [0.25, 0.3) is 0 Å². The summed E-state index contributed by atoms with van der Waals surface area (Å²) in [6, 6.07) is 3.72. The number of carbonyl (C=O) groups excluding carboxylic acids is 2. The molecule has 1 N–H and O–H groups in total. The molecule has 0 unspecified atom stereocenters. The van der Waals surface area contributed by atoms with Crippen LogP contribution in [-0.4, -0.2) is 32.0 Å². The van der Waals surface area contributed by atoms with E-state index >= 15 is 0 Å². The van der Waals surface area contributed by atoms with Gasteiger partial charge in [0.15, 0.2) is 11.7 Å². The second-order valence-corrected chi connectivity index (χ2v) is 7.11. The first-order valence-electron chi connectivity index (χ1n) is 7.88. The highest BCUT2D eigenvalue weighted by Gasteiger charge is 2.30. The lowest BCUT2D eigenvalue weighted by molar-refractivity contribution is -0.122. The topological polar surface area (TPSA) is 79.2 Å². The van der Waals surface area contributed by atoms with E-state index in [1.54, 1.807) is 7.11 Å². The third kappa shape index (κ3) is 4.40. The predicted molar refractivity (Wildman–Crippen MR) is 88.4 cm³/mol.